The van der Waals surface area contributed by atoms with Gasteiger partial charge in [-0.2, -0.15) is 17.5 Å². The van der Waals surface area contributed by atoms with Crippen molar-refractivity contribution in [3.8, 4) is 0 Å². The quantitative estimate of drug-likeness (QED) is 0.723. The fourth-order valence-corrected chi connectivity index (χ4v) is 4.36. The average Bonchev–Trinajstić information content (AvgIpc) is 3.07. The Morgan fingerprint density at radius 2 is 1.67 bits per heavy atom. The summed E-state index contributed by atoms with van der Waals surface area (Å²) < 4.78 is 83.7. The Labute approximate surface area is 154 Å². The number of alkyl halides is 4. The topological polar surface area (TPSA) is 46.6 Å². The van der Waals surface area contributed by atoms with Gasteiger partial charge in [-0.25, -0.2) is 12.8 Å². The summed E-state index contributed by atoms with van der Waals surface area (Å²) in [4.78, 5) is 0.00752. The third-order valence-electron chi connectivity index (χ3n) is 4.29. The lowest BCUT2D eigenvalue weighted by molar-refractivity contribution is -0.137. The fourth-order valence-electron chi connectivity index (χ4n) is 2.83. The molecule has 146 valence electrons. The molecule has 2 atom stereocenters. The zero-order chi connectivity index (χ0) is 19.8. The molecule has 0 amide bonds. The lowest BCUT2D eigenvalue weighted by Gasteiger charge is -2.23. The van der Waals surface area contributed by atoms with Gasteiger partial charge < -0.3 is 4.74 Å². The number of ether oxygens (including phenoxy) is 1. The summed E-state index contributed by atoms with van der Waals surface area (Å²) in [7, 11) is -4.01. The maximum absolute atomic E-state index is 13.1. The second-order valence-corrected chi connectivity index (χ2v) is 8.16. The first-order valence-electron chi connectivity index (χ1n) is 8.10. The van der Waals surface area contributed by atoms with Crippen LogP contribution in [0.25, 0.3) is 0 Å². The van der Waals surface area contributed by atoms with Gasteiger partial charge in [-0.3, -0.25) is 0 Å². The standard InChI is InChI=1S/C18H17F4NO3S/c1-12-2-8-16(9-3-12)27(24,25)23-11-15(10-19)26-17(23)13-4-6-14(7-5-13)18(20,21)22/h2-9,15,17H,10-11H2,1H3. The second kappa shape index (κ2) is 7.21. The molecular formula is C18H17F4NO3S. The molecule has 1 heterocycles. The van der Waals surface area contributed by atoms with Crippen molar-refractivity contribution in [3.05, 3.63) is 65.2 Å². The number of nitrogens with zero attached hydrogens (tertiary/aromatic N) is 1. The van der Waals surface area contributed by atoms with E-state index in [2.05, 4.69) is 0 Å². The molecule has 1 fully saturated rings. The number of benzene rings is 2. The van der Waals surface area contributed by atoms with Gasteiger partial charge in [0.05, 0.1) is 10.5 Å². The molecule has 2 unspecified atom stereocenters. The Balaban J connectivity index is 1.96. The highest BCUT2D eigenvalue weighted by atomic mass is 32.2. The molecule has 0 radical (unpaired) electrons. The molecule has 3 rings (SSSR count). The maximum atomic E-state index is 13.1. The Morgan fingerprint density at radius 1 is 1.07 bits per heavy atom. The van der Waals surface area contributed by atoms with Crippen LogP contribution in [0.3, 0.4) is 0 Å². The van der Waals surface area contributed by atoms with Crippen LogP contribution in [0.4, 0.5) is 17.6 Å². The summed E-state index contributed by atoms with van der Waals surface area (Å²) in [5.74, 6) is 0. The zero-order valence-corrected chi connectivity index (χ0v) is 15.1. The lowest BCUT2D eigenvalue weighted by Crippen LogP contribution is -2.32. The Hall–Kier alpha value is -1.97. The minimum absolute atomic E-state index is 0.00752. The molecule has 1 saturated heterocycles. The first-order chi connectivity index (χ1) is 12.6. The lowest BCUT2D eigenvalue weighted by atomic mass is 10.1. The smallest absolute Gasteiger partial charge is 0.350 e. The van der Waals surface area contributed by atoms with Crippen molar-refractivity contribution in [1.29, 1.82) is 0 Å². The van der Waals surface area contributed by atoms with E-state index in [9.17, 15) is 26.0 Å². The number of hydrogen-bond acceptors (Lipinski definition) is 3. The highest BCUT2D eigenvalue weighted by Crippen LogP contribution is 2.37. The summed E-state index contributed by atoms with van der Waals surface area (Å²) >= 11 is 0. The molecule has 27 heavy (non-hydrogen) atoms. The van der Waals surface area contributed by atoms with E-state index in [0.717, 1.165) is 34.1 Å². The van der Waals surface area contributed by atoms with E-state index in [-0.39, 0.29) is 17.0 Å². The van der Waals surface area contributed by atoms with Crippen LogP contribution in [0.15, 0.2) is 53.4 Å². The van der Waals surface area contributed by atoms with Gasteiger partial charge in [0, 0.05) is 6.54 Å². The van der Waals surface area contributed by atoms with Gasteiger partial charge >= 0.3 is 6.18 Å². The third kappa shape index (κ3) is 3.99. The van der Waals surface area contributed by atoms with E-state index >= 15 is 0 Å². The average molecular weight is 403 g/mol. The summed E-state index contributed by atoms with van der Waals surface area (Å²) in [5.41, 5.74) is 0.210. The predicted molar refractivity (Wildman–Crippen MR) is 90.1 cm³/mol. The molecule has 9 heteroatoms. The largest absolute Gasteiger partial charge is 0.416 e. The number of aryl methyl sites for hydroxylation is 1. The van der Waals surface area contributed by atoms with Crippen molar-refractivity contribution in [2.45, 2.75) is 30.3 Å². The van der Waals surface area contributed by atoms with Crippen molar-refractivity contribution < 1.29 is 30.7 Å². The van der Waals surface area contributed by atoms with Gasteiger partial charge in [0.2, 0.25) is 10.0 Å². The van der Waals surface area contributed by atoms with Gasteiger partial charge in [-0.1, -0.05) is 29.8 Å². The molecule has 0 spiro atoms. The van der Waals surface area contributed by atoms with Crippen LogP contribution in [0, 0.1) is 6.92 Å². The first kappa shape index (κ1) is 19.8. The molecule has 0 N–H and O–H groups in total. The molecule has 2 aromatic carbocycles. The summed E-state index contributed by atoms with van der Waals surface area (Å²) in [5, 5.41) is 0. The highest BCUT2D eigenvalue weighted by Gasteiger charge is 2.42. The molecular weight excluding hydrogens is 386 g/mol. The van der Waals surface area contributed by atoms with Crippen LogP contribution < -0.4 is 0 Å². The molecule has 0 saturated carbocycles. The van der Waals surface area contributed by atoms with Crippen LogP contribution in [-0.4, -0.2) is 32.0 Å². The van der Waals surface area contributed by atoms with Crippen LogP contribution >= 0.6 is 0 Å². The van der Waals surface area contributed by atoms with Crippen LogP contribution in [0.2, 0.25) is 0 Å². The molecule has 1 aliphatic rings. The predicted octanol–water partition coefficient (Wildman–Crippen LogP) is 4.07. The van der Waals surface area contributed by atoms with E-state index < -0.39 is 40.8 Å². The maximum Gasteiger partial charge on any atom is 0.416 e. The Kier molecular flexibility index (Phi) is 5.29. The summed E-state index contributed by atoms with van der Waals surface area (Å²) in [6, 6.07) is 10.1. The number of hydrogen-bond donors (Lipinski definition) is 0. The van der Waals surface area contributed by atoms with Crippen LogP contribution in [0.1, 0.15) is 22.9 Å². The molecule has 4 nitrogen and oxygen atoms in total. The fraction of sp³-hybridized carbons (Fsp3) is 0.333. The van der Waals surface area contributed by atoms with E-state index in [1.165, 1.54) is 12.1 Å². The van der Waals surface area contributed by atoms with Gasteiger partial charge in [0.1, 0.15) is 12.8 Å². The monoisotopic (exact) mass is 403 g/mol. The molecule has 2 aromatic rings. The van der Waals surface area contributed by atoms with Crippen LogP contribution in [-0.2, 0) is 20.9 Å². The van der Waals surface area contributed by atoms with E-state index in [0.29, 0.717) is 0 Å². The zero-order valence-electron chi connectivity index (χ0n) is 14.3. The molecule has 1 aliphatic heterocycles. The van der Waals surface area contributed by atoms with Crippen molar-refractivity contribution in [1.82, 2.24) is 4.31 Å². The van der Waals surface area contributed by atoms with Gasteiger partial charge in [0.15, 0.2) is 6.23 Å². The summed E-state index contributed by atoms with van der Waals surface area (Å²) in [6.45, 7) is 0.676. The van der Waals surface area contributed by atoms with E-state index in [1.807, 2.05) is 0 Å². The van der Waals surface area contributed by atoms with Crippen molar-refractivity contribution in [3.63, 3.8) is 0 Å². The minimum atomic E-state index is -4.51. The number of halogens is 4. The third-order valence-corrected chi connectivity index (χ3v) is 6.12. The van der Waals surface area contributed by atoms with Crippen molar-refractivity contribution in [2.75, 3.05) is 13.2 Å². The Bertz CT molecular complexity index is 896. The Morgan fingerprint density at radius 3 is 2.19 bits per heavy atom. The van der Waals surface area contributed by atoms with Crippen LogP contribution in [0.5, 0.6) is 0 Å². The number of rotatable bonds is 4. The molecule has 0 bridgehead atoms. The van der Waals surface area contributed by atoms with Gasteiger partial charge in [0.25, 0.3) is 0 Å². The summed E-state index contributed by atoms with van der Waals surface area (Å²) in [6.07, 6.45) is -6.69. The normalized spacial score (nSPS) is 21.5. The van der Waals surface area contributed by atoms with E-state index in [1.54, 1.807) is 19.1 Å². The second-order valence-electron chi connectivity index (χ2n) is 6.27. The SMILES string of the molecule is Cc1ccc(S(=O)(=O)N2CC(CF)OC2c2ccc(C(F)(F)F)cc2)cc1. The number of sulfonamides is 1. The van der Waals surface area contributed by atoms with Crippen molar-refractivity contribution >= 4 is 10.0 Å². The van der Waals surface area contributed by atoms with Gasteiger partial charge in [-0.05, 0) is 36.8 Å². The van der Waals surface area contributed by atoms with E-state index in [4.69, 9.17) is 4.74 Å². The van der Waals surface area contributed by atoms with Crippen molar-refractivity contribution in [2.24, 2.45) is 0 Å². The highest BCUT2D eigenvalue weighted by molar-refractivity contribution is 7.89. The molecule has 0 aliphatic carbocycles. The molecule has 0 aromatic heterocycles. The first-order valence-corrected chi connectivity index (χ1v) is 9.54. The van der Waals surface area contributed by atoms with Gasteiger partial charge in [-0.15, -0.1) is 0 Å². The minimum Gasteiger partial charge on any atom is -0.350 e.